The Morgan fingerprint density at radius 2 is 1.79 bits per heavy atom. The summed E-state index contributed by atoms with van der Waals surface area (Å²) < 4.78 is 19.3. The predicted octanol–water partition coefficient (Wildman–Crippen LogP) is 6.08. The summed E-state index contributed by atoms with van der Waals surface area (Å²) in [6.07, 6.45) is 5.68. The highest BCUT2D eigenvalue weighted by Crippen LogP contribution is 2.39. The fourth-order valence-corrected chi connectivity index (χ4v) is 4.63. The molecule has 2 atom stereocenters. The van der Waals surface area contributed by atoms with E-state index in [0.717, 1.165) is 30.8 Å². The summed E-state index contributed by atoms with van der Waals surface area (Å²) >= 11 is 5.96. The Morgan fingerprint density at radius 3 is 2.50 bits per heavy atom. The van der Waals surface area contributed by atoms with Crippen molar-refractivity contribution in [3.05, 3.63) is 102 Å². The van der Waals surface area contributed by atoms with Gasteiger partial charge in [-0.05, 0) is 79.2 Å². The number of hydrogen-bond donors (Lipinski definition) is 1. The normalized spacial score (nSPS) is 16.9. The molecule has 1 saturated heterocycles. The number of halogens is 1. The van der Waals surface area contributed by atoms with Crippen LogP contribution in [0.2, 0.25) is 5.02 Å². The minimum Gasteiger partial charge on any atom is -0.497 e. The third-order valence-corrected chi connectivity index (χ3v) is 6.61. The summed E-state index contributed by atoms with van der Waals surface area (Å²) in [5.41, 5.74) is 1.65. The van der Waals surface area contributed by atoms with Crippen molar-refractivity contribution in [2.45, 2.75) is 25.1 Å². The quantitative estimate of drug-likeness (QED) is 0.236. The van der Waals surface area contributed by atoms with Gasteiger partial charge in [0.1, 0.15) is 29.4 Å². The van der Waals surface area contributed by atoms with Gasteiger partial charge in [0.25, 0.3) is 0 Å². The molecule has 5 rings (SSSR count). The van der Waals surface area contributed by atoms with Gasteiger partial charge in [-0.2, -0.15) is 0 Å². The van der Waals surface area contributed by atoms with Crippen molar-refractivity contribution >= 4 is 23.4 Å². The van der Waals surface area contributed by atoms with E-state index in [1.165, 1.54) is 0 Å². The van der Waals surface area contributed by atoms with E-state index in [9.17, 15) is 4.79 Å². The fourth-order valence-electron chi connectivity index (χ4n) is 4.50. The van der Waals surface area contributed by atoms with Crippen LogP contribution in [0, 0.1) is 0 Å². The molecule has 1 amide bonds. The molecule has 0 bridgehead atoms. The molecule has 1 aliphatic heterocycles. The Labute approximate surface area is 226 Å². The van der Waals surface area contributed by atoms with Gasteiger partial charge in [-0.3, -0.25) is 4.90 Å². The molecule has 2 heterocycles. The number of methoxy groups -OCH3 is 1. The monoisotopic (exact) mass is 532 g/mol. The van der Waals surface area contributed by atoms with Crippen molar-refractivity contribution in [1.82, 2.24) is 14.9 Å². The van der Waals surface area contributed by atoms with E-state index in [1.807, 2.05) is 59.3 Å². The lowest BCUT2D eigenvalue weighted by Crippen LogP contribution is -2.35. The van der Waals surface area contributed by atoms with Crippen LogP contribution in [0.1, 0.15) is 18.0 Å². The molecule has 9 heteroatoms. The van der Waals surface area contributed by atoms with Crippen LogP contribution in [0.15, 0.2) is 91.5 Å². The number of anilines is 1. The Hall–Kier alpha value is -4.01. The first-order valence-electron chi connectivity index (χ1n) is 12.4. The van der Waals surface area contributed by atoms with Gasteiger partial charge in [0.15, 0.2) is 0 Å². The second-order valence-corrected chi connectivity index (χ2v) is 9.36. The van der Waals surface area contributed by atoms with Gasteiger partial charge >= 0.3 is 6.09 Å². The van der Waals surface area contributed by atoms with Gasteiger partial charge in [0.2, 0.25) is 0 Å². The van der Waals surface area contributed by atoms with Crippen molar-refractivity contribution in [2.75, 3.05) is 25.1 Å². The Morgan fingerprint density at radius 1 is 1.03 bits per heavy atom. The lowest BCUT2D eigenvalue weighted by atomic mass is 9.99. The molecule has 0 unspecified atom stereocenters. The van der Waals surface area contributed by atoms with Gasteiger partial charge in [-0.1, -0.05) is 23.7 Å². The molecule has 3 aromatic carbocycles. The van der Waals surface area contributed by atoms with Crippen molar-refractivity contribution < 1.29 is 19.0 Å². The van der Waals surface area contributed by atoms with Gasteiger partial charge in [0.05, 0.1) is 13.4 Å². The summed E-state index contributed by atoms with van der Waals surface area (Å²) in [5, 5.41) is 4.10. The summed E-state index contributed by atoms with van der Waals surface area (Å²) in [6, 6.07) is 22.0. The third-order valence-electron chi connectivity index (χ3n) is 6.35. The highest BCUT2D eigenvalue weighted by Gasteiger charge is 2.43. The van der Waals surface area contributed by atoms with E-state index in [4.69, 9.17) is 25.8 Å². The maximum Gasteiger partial charge on any atom is 0.415 e. The molecular formula is C29H29ClN4O4. The maximum absolute atomic E-state index is 13.2. The van der Waals surface area contributed by atoms with Gasteiger partial charge in [-0.15, -0.1) is 0 Å². The number of ether oxygens (including phenoxy) is 3. The number of aromatic nitrogens is 2. The van der Waals surface area contributed by atoms with E-state index < -0.39 is 6.09 Å². The van der Waals surface area contributed by atoms with Crippen LogP contribution in [0.3, 0.4) is 0 Å². The van der Waals surface area contributed by atoms with Crippen LogP contribution >= 0.6 is 11.6 Å². The molecule has 4 aromatic rings. The number of nitrogens with one attached hydrogen (secondary N) is 1. The number of benzene rings is 3. The first kappa shape index (κ1) is 25.6. The van der Waals surface area contributed by atoms with Crippen LogP contribution in [-0.4, -0.2) is 41.9 Å². The second-order valence-electron chi connectivity index (χ2n) is 8.92. The molecule has 1 fully saturated rings. The maximum atomic E-state index is 13.2. The molecule has 1 N–H and O–H groups in total. The molecule has 0 aliphatic carbocycles. The van der Waals surface area contributed by atoms with E-state index in [1.54, 1.807) is 48.8 Å². The summed E-state index contributed by atoms with van der Waals surface area (Å²) in [5.74, 6) is 2.05. The van der Waals surface area contributed by atoms with Gasteiger partial charge in [-0.25, -0.2) is 9.78 Å². The number of imidazole rings is 1. The van der Waals surface area contributed by atoms with E-state index in [0.29, 0.717) is 28.8 Å². The van der Waals surface area contributed by atoms with E-state index in [-0.39, 0.29) is 12.1 Å². The van der Waals surface area contributed by atoms with E-state index in [2.05, 4.69) is 10.3 Å². The number of aryl methyl sites for hydroxylation is 1. The predicted molar refractivity (Wildman–Crippen MR) is 146 cm³/mol. The summed E-state index contributed by atoms with van der Waals surface area (Å²) in [6.45, 7) is 2.17. The number of cyclic esters (lactones) is 1. The standard InChI is InChI=1S/C29H29ClN4O4/c1-36-26-5-2-4-21(18-26)28-27(19-31-14-3-16-33-17-15-32-20-33)38-29(35)34(28)23-8-12-25(13-9-23)37-24-10-6-22(30)7-11-24/h2,4-13,15,17-18,20,27-28,31H,3,14,16,19H2,1H3/t27-,28-/m0/s1. The number of carbonyl (C=O) groups excluding carboxylic acids is 1. The van der Waals surface area contributed by atoms with Gasteiger partial charge < -0.3 is 24.1 Å². The van der Waals surface area contributed by atoms with Crippen molar-refractivity contribution in [2.24, 2.45) is 0 Å². The number of hydrogen-bond acceptors (Lipinski definition) is 6. The molecule has 8 nitrogen and oxygen atoms in total. The summed E-state index contributed by atoms with van der Waals surface area (Å²) in [4.78, 5) is 18.9. The zero-order chi connectivity index (χ0) is 26.3. The lowest BCUT2D eigenvalue weighted by molar-refractivity contribution is 0.130. The molecule has 196 valence electrons. The average molecular weight is 533 g/mol. The van der Waals surface area contributed by atoms with Crippen molar-refractivity contribution in [3.63, 3.8) is 0 Å². The molecule has 0 spiro atoms. The fraction of sp³-hybridized carbons (Fsp3) is 0.241. The molecule has 0 radical (unpaired) electrons. The zero-order valence-corrected chi connectivity index (χ0v) is 21.8. The number of amides is 1. The Balaban J connectivity index is 1.31. The zero-order valence-electron chi connectivity index (χ0n) is 21.0. The largest absolute Gasteiger partial charge is 0.497 e. The van der Waals surface area contributed by atoms with Crippen molar-refractivity contribution in [3.8, 4) is 17.2 Å². The number of nitrogens with zero attached hydrogens (tertiary/aromatic N) is 3. The highest BCUT2D eigenvalue weighted by atomic mass is 35.5. The Bertz CT molecular complexity index is 1330. The molecular weight excluding hydrogens is 504 g/mol. The smallest absolute Gasteiger partial charge is 0.415 e. The van der Waals surface area contributed by atoms with Gasteiger partial charge in [0, 0.05) is 36.2 Å². The second kappa shape index (κ2) is 12.0. The molecule has 1 aromatic heterocycles. The average Bonchev–Trinajstić information content (AvgIpc) is 3.58. The number of rotatable bonds is 11. The number of carbonyl (C=O) groups is 1. The first-order chi connectivity index (χ1) is 18.6. The minimum atomic E-state index is -0.394. The summed E-state index contributed by atoms with van der Waals surface area (Å²) in [7, 11) is 1.63. The van der Waals surface area contributed by atoms with E-state index >= 15 is 0 Å². The molecule has 0 saturated carbocycles. The third kappa shape index (κ3) is 6.10. The SMILES string of the molecule is COc1cccc([C@H]2[C@H](CNCCCn3ccnc3)OC(=O)N2c2ccc(Oc3ccc(Cl)cc3)cc2)c1. The van der Waals surface area contributed by atoms with Crippen LogP contribution in [-0.2, 0) is 11.3 Å². The topological polar surface area (TPSA) is 77.8 Å². The molecule has 1 aliphatic rings. The first-order valence-corrected chi connectivity index (χ1v) is 12.8. The Kier molecular flexibility index (Phi) is 8.11. The van der Waals surface area contributed by atoms with Crippen molar-refractivity contribution in [1.29, 1.82) is 0 Å². The van der Waals surface area contributed by atoms with Crippen LogP contribution in [0.25, 0.3) is 0 Å². The van der Waals surface area contributed by atoms with Crippen LogP contribution in [0.4, 0.5) is 10.5 Å². The molecule has 38 heavy (non-hydrogen) atoms. The van der Waals surface area contributed by atoms with Crippen LogP contribution < -0.4 is 19.7 Å². The minimum absolute atomic E-state index is 0.332. The lowest BCUT2D eigenvalue weighted by Gasteiger charge is -2.26. The van der Waals surface area contributed by atoms with Crippen LogP contribution in [0.5, 0.6) is 17.2 Å². The highest BCUT2D eigenvalue weighted by molar-refractivity contribution is 6.30.